The number of carboxylic acid groups (broad SMARTS) is 1. The second-order valence-corrected chi connectivity index (χ2v) is 12.8. The smallest absolute Gasteiger partial charge is 0.337 e. The molecule has 11 heteroatoms. The highest BCUT2D eigenvalue weighted by Crippen LogP contribution is 2.57. The van der Waals surface area contributed by atoms with Crippen LogP contribution >= 0.6 is 23.2 Å². The summed E-state index contributed by atoms with van der Waals surface area (Å²) in [6, 6.07) is 8.60. The SMILES string of the molecule is O=C(O)c1ccc(NC(=O)N2C3CCC2CC2(CC(OCc4c(-c5c(Cl)cccc5Cl)noc4C4CC4)C2)C3)nc1. The van der Waals surface area contributed by atoms with Gasteiger partial charge < -0.3 is 19.3 Å². The molecule has 214 valence electrons. The highest BCUT2D eigenvalue weighted by molar-refractivity contribution is 6.39. The molecular formula is C30H30Cl2N4O5. The van der Waals surface area contributed by atoms with Crippen molar-refractivity contribution >= 4 is 41.0 Å². The van der Waals surface area contributed by atoms with Gasteiger partial charge in [-0.15, -0.1) is 0 Å². The highest BCUT2D eigenvalue weighted by Gasteiger charge is 2.55. The van der Waals surface area contributed by atoms with E-state index in [1.807, 2.05) is 11.0 Å². The van der Waals surface area contributed by atoms with Gasteiger partial charge in [-0.1, -0.05) is 34.4 Å². The number of pyridine rings is 1. The van der Waals surface area contributed by atoms with Crippen LogP contribution in [0.25, 0.3) is 11.3 Å². The Bertz CT molecular complexity index is 1460. The number of benzene rings is 1. The summed E-state index contributed by atoms with van der Waals surface area (Å²) in [7, 11) is 0. The molecule has 4 heterocycles. The fourth-order valence-electron chi connectivity index (χ4n) is 7.15. The largest absolute Gasteiger partial charge is 0.478 e. The van der Waals surface area contributed by atoms with Gasteiger partial charge in [0, 0.05) is 35.3 Å². The number of carbonyl (C=O) groups is 2. The van der Waals surface area contributed by atoms with Crippen molar-refractivity contribution in [1.82, 2.24) is 15.0 Å². The van der Waals surface area contributed by atoms with E-state index >= 15 is 0 Å². The molecule has 2 aromatic heterocycles. The minimum atomic E-state index is -1.05. The first-order chi connectivity index (χ1) is 19.8. The molecule has 7 rings (SSSR count). The van der Waals surface area contributed by atoms with Crippen LogP contribution in [0.4, 0.5) is 10.6 Å². The van der Waals surface area contributed by atoms with Crippen molar-refractivity contribution in [1.29, 1.82) is 0 Å². The molecule has 2 atom stereocenters. The van der Waals surface area contributed by atoms with Crippen LogP contribution < -0.4 is 5.32 Å². The number of halogens is 2. The third-order valence-electron chi connectivity index (χ3n) is 9.19. The fourth-order valence-corrected chi connectivity index (χ4v) is 7.73. The van der Waals surface area contributed by atoms with Gasteiger partial charge in [-0.3, -0.25) is 5.32 Å². The van der Waals surface area contributed by atoms with E-state index in [2.05, 4.69) is 15.5 Å². The minimum absolute atomic E-state index is 0.0846. The second-order valence-electron chi connectivity index (χ2n) is 12.0. The van der Waals surface area contributed by atoms with Crippen molar-refractivity contribution in [2.75, 3.05) is 5.32 Å². The van der Waals surface area contributed by atoms with Crippen LogP contribution in [-0.4, -0.2) is 50.3 Å². The Morgan fingerprint density at radius 1 is 1.05 bits per heavy atom. The summed E-state index contributed by atoms with van der Waals surface area (Å²) in [5, 5.41) is 17.4. The van der Waals surface area contributed by atoms with E-state index in [-0.39, 0.29) is 35.2 Å². The van der Waals surface area contributed by atoms with E-state index in [0.29, 0.717) is 39.6 Å². The third kappa shape index (κ3) is 4.98. The zero-order valence-electron chi connectivity index (χ0n) is 22.3. The monoisotopic (exact) mass is 596 g/mol. The molecule has 41 heavy (non-hydrogen) atoms. The van der Waals surface area contributed by atoms with Gasteiger partial charge in [0.1, 0.15) is 17.3 Å². The third-order valence-corrected chi connectivity index (χ3v) is 9.82. The van der Waals surface area contributed by atoms with Crippen molar-refractivity contribution in [3.05, 3.63) is 63.5 Å². The van der Waals surface area contributed by atoms with Gasteiger partial charge in [0.2, 0.25) is 0 Å². The number of amides is 2. The summed E-state index contributed by atoms with van der Waals surface area (Å²) < 4.78 is 12.2. The van der Waals surface area contributed by atoms with E-state index in [9.17, 15) is 9.59 Å². The van der Waals surface area contributed by atoms with Gasteiger partial charge in [0.05, 0.1) is 28.3 Å². The molecule has 4 aliphatic rings. The molecule has 1 spiro atoms. The number of nitrogens with one attached hydrogen (secondary N) is 1. The molecule has 9 nitrogen and oxygen atoms in total. The number of hydrogen-bond donors (Lipinski definition) is 2. The molecule has 1 aromatic carbocycles. The Balaban J connectivity index is 0.983. The maximum atomic E-state index is 13.2. The second kappa shape index (κ2) is 10.3. The lowest BCUT2D eigenvalue weighted by Crippen LogP contribution is -2.56. The molecule has 2 aliphatic carbocycles. The van der Waals surface area contributed by atoms with Crippen molar-refractivity contribution in [3.63, 3.8) is 0 Å². The molecule has 2 N–H and O–H groups in total. The average Bonchev–Trinajstić information content (AvgIpc) is 3.63. The number of carbonyl (C=O) groups excluding carboxylic acids is 1. The van der Waals surface area contributed by atoms with Crippen LogP contribution in [0.15, 0.2) is 41.1 Å². The standard InChI is InChI=1S/C30H30Cl2N4O5/c31-22-2-1-3-23(32)25(22)26-21(27(41-35-26)16-4-5-16)15-40-20-12-30(13-20)10-18-7-8-19(11-30)36(18)29(39)34-24-9-6-17(14-33-24)28(37)38/h1-3,6,9,14,16,18-20H,4-5,7-8,10-13,15H2,(H,37,38)(H,33,34,39). The van der Waals surface area contributed by atoms with Gasteiger partial charge in [0.25, 0.3) is 0 Å². The zero-order valence-corrected chi connectivity index (χ0v) is 23.8. The van der Waals surface area contributed by atoms with Crippen molar-refractivity contribution < 1.29 is 24.0 Å². The van der Waals surface area contributed by atoms with Gasteiger partial charge in [-0.05, 0) is 81.0 Å². The normalized spacial score (nSPS) is 26.7. The lowest BCUT2D eigenvalue weighted by molar-refractivity contribution is -0.118. The summed E-state index contributed by atoms with van der Waals surface area (Å²) in [4.78, 5) is 30.3. The maximum absolute atomic E-state index is 13.2. The Morgan fingerprint density at radius 2 is 1.76 bits per heavy atom. The van der Waals surface area contributed by atoms with Crippen LogP contribution in [0.5, 0.6) is 0 Å². The number of carboxylic acids is 1. The summed E-state index contributed by atoms with van der Waals surface area (Å²) in [5.41, 5.74) is 2.57. The predicted molar refractivity (Wildman–Crippen MR) is 152 cm³/mol. The summed E-state index contributed by atoms with van der Waals surface area (Å²) in [6.45, 7) is 0.405. The van der Waals surface area contributed by atoms with Crippen LogP contribution in [0.2, 0.25) is 10.0 Å². The quantitative estimate of drug-likeness (QED) is 0.297. The Hall–Kier alpha value is -3.14. The number of anilines is 1. The number of fused-ring (bicyclic) bond motifs is 2. The van der Waals surface area contributed by atoms with Crippen LogP contribution in [0.3, 0.4) is 0 Å². The van der Waals surface area contributed by atoms with Gasteiger partial charge in [-0.25, -0.2) is 14.6 Å². The summed E-state index contributed by atoms with van der Waals surface area (Å²) >= 11 is 13.0. The molecule has 2 unspecified atom stereocenters. The fraction of sp³-hybridized carbons (Fsp3) is 0.467. The van der Waals surface area contributed by atoms with Crippen LogP contribution in [-0.2, 0) is 11.3 Å². The predicted octanol–water partition coefficient (Wildman–Crippen LogP) is 7.14. The molecule has 0 radical (unpaired) electrons. The van der Waals surface area contributed by atoms with E-state index in [1.54, 1.807) is 12.1 Å². The molecule has 2 amide bonds. The first-order valence-corrected chi connectivity index (χ1v) is 14.9. The zero-order chi connectivity index (χ0) is 28.3. The first kappa shape index (κ1) is 26.7. The molecule has 2 bridgehead atoms. The summed E-state index contributed by atoms with van der Waals surface area (Å²) in [5.74, 6) is 0.566. The van der Waals surface area contributed by atoms with E-state index in [1.165, 1.54) is 18.3 Å². The molecule has 2 aliphatic heterocycles. The topological polar surface area (TPSA) is 118 Å². The molecular weight excluding hydrogens is 567 g/mol. The number of ether oxygens (including phenoxy) is 1. The van der Waals surface area contributed by atoms with Crippen LogP contribution in [0.1, 0.15) is 79.0 Å². The van der Waals surface area contributed by atoms with E-state index < -0.39 is 5.97 Å². The molecule has 3 aromatic rings. The number of rotatable bonds is 7. The Morgan fingerprint density at radius 3 is 2.37 bits per heavy atom. The number of hydrogen-bond acceptors (Lipinski definition) is 6. The van der Waals surface area contributed by atoms with Gasteiger partial charge in [0.15, 0.2) is 0 Å². The van der Waals surface area contributed by atoms with Crippen LogP contribution in [0, 0.1) is 5.41 Å². The van der Waals surface area contributed by atoms with E-state index in [0.717, 1.165) is 62.7 Å². The lowest BCUT2D eigenvalue weighted by atomic mass is 9.59. The summed E-state index contributed by atoms with van der Waals surface area (Å²) in [6.07, 6.45) is 9.41. The number of nitrogens with zero attached hydrogens (tertiary/aromatic N) is 3. The minimum Gasteiger partial charge on any atom is -0.478 e. The number of aromatic nitrogens is 2. The van der Waals surface area contributed by atoms with Crippen molar-refractivity contribution in [2.45, 2.75) is 82.1 Å². The van der Waals surface area contributed by atoms with E-state index in [4.69, 9.17) is 37.6 Å². The van der Waals surface area contributed by atoms with Crippen molar-refractivity contribution in [2.24, 2.45) is 5.41 Å². The molecule has 2 saturated carbocycles. The Labute approximate surface area is 247 Å². The van der Waals surface area contributed by atoms with Crippen molar-refractivity contribution in [3.8, 4) is 11.3 Å². The molecule has 4 fully saturated rings. The van der Waals surface area contributed by atoms with Gasteiger partial charge in [-0.2, -0.15) is 0 Å². The lowest BCUT2D eigenvalue weighted by Gasteiger charge is -2.54. The molecule has 2 saturated heterocycles. The number of aromatic carboxylic acids is 1. The average molecular weight is 597 g/mol. The number of urea groups is 1. The van der Waals surface area contributed by atoms with Gasteiger partial charge >= 0.3 is 12.0 Å². The first-order valence-electron chi connectivity index (χ1n) is 14.1. The Kier molecular flexibility index (Phi) is 6.71. The maximum Gasteiger partial charge on any atom is 0.337 e. The highest BCUT2D eigenvalue weighted by atomic mass is 35.5. The number of piperidine rings is 1.